The van der Waals surface area contributed by atoms with Crippen LogP contribution in [0.5, 0.6) is 5.88 Å². The minimum Gasteiger partial charge on any atom is -0.471 e. The third-order valence-electron chi connectivity index (χ3n) is 6.35. The fraction of sp³-hybridized carbons (Fsp3) is 0.286. The van der Waals surface area contributed by atoms with Crippen LogP contribution in [0.1, 0.15) is 34.0 Å². The molecule has 0 aliphatic heterocycles. The molecule has 4 rings (SSSR count). The van der Waals surface area contributed by atoms with Gasteiger partial charge < -0.3 is 25.8 Å². The lowest BCUT2D eigenvalue weighted by Gasteiger charge is -2.16. The maximum Gasteiger partial charge on any atom is 0.418 e. The van der Waals surface area contributed by atoms with E-state index >= 15 is 0 Å². The van der Waals surface area contributed by atoms with Crippen molar-refractivity contribution < 1.29 is 54.6 Å². The third-order valence-corrected chi connectivity index (χ3v) is 6.35. The van der Waals surface area contributed by atoms with Crippen LogP contribution in [0.15, 0.2) is 48.5 Å². The molecule has 0 aliphatic rings. The summed E-state index contributed by atoms with van der Waals surface area (Å²) in [6.07, 6.45) is -13.8. The van der Waals surface area contributed by atoms with Gasteiger partial charge in [-0.3, -0.25) is 14.2 Å². The van der Waals surface area contributed by atoms with E-state index in [-0.39, 0.29) is 34.9 Å². The zero-order valence-electron chi connectivity index (χ0n) is 23.7. The molecular weight excluding hydrogens is 636 g/mol. The molecule has 2 aromatic heterocycles. The zero-order valence-corrected chi connectivity index (χ0v) is 23.7. The van der Waals surface area contributed by atoms with Gasteiger partial charge in [-0.2, -0.15) is 31.3 Å². The number of aliphatic hydroxyl groups excluding tert-OH is 1. The summed E-state index contributed by atoms with van der Waals surface area (Å²) in [7, 11) is 1.34. The predicted octanol–water partition coefficient (Wildman–Crippen LogP) is 5.64. The normalized spacial score (nSPS) is 12.7. The number of nitrogens with one attached hydrogen (secondary N) is 3. The molecule has 0 saturated heterocycles. The number of nitrogens with zero attached hydrogens (tertiary/aromatic N) is 3. The van der Waals surface area contributed by atoms with Gasteiger partial charge in [0.15, 0.2) is 12.3 Å². The van der Waals surface area contributed by atoms with E-state index in [1.165, 1.54) is 18.5 Å². The second-order valence-corrected chi connectivity index (χ2v) is 9.81. The number of hydrogen-bond donors (Lipinski definition) is 4. The SMILES string of the molecule is CC(O)C(=O)NCc1ccc(C(F)(F)F)c(Nc2nc3cc(C(=O)Nc4ccc(C(F)(F)F)cc4)c(OCC(F)F)nc3n2C)c1. The van der Waals surface area contributed by atoms with E-state index < -0.39 is 71.6 Å². The lowest BCUT2D eigenvalue weighted by molar-refractivity contribution is -0.138. The van der Waals surface area contributed by atoms with Crippen molar-refractivity contribution in [2.24, 2.45) is 7.05 Å². The Bertz CT molecular complexity index is 1740. The molecule has 0 radical (unpaired) electrons. The van der Waals surface area contributed by atoms with Crippen molar-refractivity contribution in [2.45, 2.75) is 38.4 Å². The van der Waals surface area contributed by atoms with Gasteiger partial charge in [-0.1, -0.05) is 6.07 Å². The highest BCUT2D eigenvalue weighted by molar-refractivity contribution is 6.07. The Morgan fingerprint density at radius 2 is 1.65 bits per heavy atom. The van der Waals surface area contributed by atoms with Crippen molar-refractivity contribution >= 4 is 40.3 Å². The number of carbonyl (C=O) groups excluding carboxylic acids is 2. The molecule has 46 heavy (non-hydrogen) atoms. The topological polar surface area (TPSA) is 130 Å². The molecule has 18 heteroatoms. The van der Waals surface area contributed by atoms with Gasteiger partial charge in [0.1, 0.15) is 17.2 Å². The van der Waals surface area contributed by atoms with E-state index in [0.717, 1.165) is 36.4 Å². The van der Waals surface area contributed by atoms with E-state index in [1.54, 1.807) is 0 Å². The number of aromatic nitrogens is 3. The molecule has 0 aliphatic carbocycles. The number of benzene rings is 2. The molecule has 4 aromatic rings. The minimum absolute atomic E-state index is 0.0783. The number of imidazole rings is 1. The van der Waals surface area contributed by atoms with Crippen molar-refractivity contribution in [3.05, 3.63) is 70.8 Å². The van der Waals surface area contributed by atoms with Gasteiger partial charge in [-0.05, 0) is 55.0 Å². The second kappa shape index (κ2) is 13.2. The van der Waals surface area contributed by atoms with E-state index in [2.05, 4.69) is 25.9 Å². The smallest absolute Gasteiger partial charge is 0.418 e. The highest BCUT2D eigenvalue weighted by Crippen LogP contribution is 2.37. The van der Waals surface area contributed by atoms with Crippen molar-refractivity contribution in [3.63, 3.8) is 0 Å². The molecule has 2 heterocycles. The summed E-state index contributed by atoms with van der Waals surface area (Å²) in [4.78, 5) is 33.0. The first-order valence-corrected chi connectivity index (χ1v) is 13.1. The van der Waals surface area contributed by atoms with E-state index in [4.69, 9.17) is 4.74 Å². The molecule has 10 nitrogen and oxygen atoms in total. The molecule has 0 bridgehead atoms. The van der Waals surface area contributed by atoms with Crippen molar-refractivity contribution in [1.29, 1.82) is 0 Å². The molecule has 2 amide bonds. The first kappa shape index (κ1) is 33.9. The highest BCUT2D eigenvalue weighted by atomic mass is 19.4. The first-order valence-electron chi connectivity index (χ1n) is 13.1. The largest absolute Gasteiger partial charge is 0.471 e. The van der Waals surface area contributed by atoms with Crippen LogP contribution in [0.4, 0.5) is 52.4 Å². The molecule has 246 valence electrons. The summed E-state index contributed by atoms with van der Waals surface area (Å²) in [5, 5.41) is 16.6. The number of rotatable bonds is 10. The average molecular weight is 661 g/mol. The Balaban J connectivity index is 1.70. The molecule has 1 unspecified atom stereocenters. The standard InChI is InChI=1S/C28H24F8N6O4/c1-13(43)23(44)37-11-14-3-8-18(28(34,35)36)19(9-14)39-26-40-20-10-17(25(46-12-21(29)30)41-22(20)42(26)2)24(45)38-16-6-4-15(5-7-16)27(31,32)33/h3-10,13,21,43H,11-12H2,1-2H3,(H,37,44)(H,38,45)(H,39,40). The number of ether oxygens (including phenoxy) is 1. The van der Waals surface area contributed by atoms with Gasteiger partial charge in [0.25, 0.3) is 12.3 Å². The maximum atomic E-state index is 13.9. The van der Waals surface area contributed by atoms with Crippen LogP contribution in [-0.2, 0) is 30.7 Å². The van der Waals surface area contributed by atoms with E-state index in [1.807, 2.05) is 0 Å². The Labute approximate surface area is 254 Å². The number of aliphatic hydroxyl groups is 1. The molecule has 0 fully saturated rings. The Morgan fingerprint density at radius 1 is 0.978 bits per heavy atom. The molecule has 1 atom stereocenters. The average Bonchev–Trinajstić information content (AvgIpc) is 3.27. The Hall–Kier alpha value is -5.00. The Morgan fingerprint density at radius 3 is 2.24 bits per heavy atom. The molecular formula is C28H24F8N6O4. The lowest BCUT2D eigenvalue weighted by Crippen LogP contribution is -2.32. The van der Waals surface area contributed by atoms with Crippen LogP contribution in [-0.4, -0.2) is 50.6 Å². The second-order valence-electron chi connectivity index (χ2n) is 9.81. The fourth-order valence-corrected chi connectivity index (χ4v) is 4.07. The van der Waals surface area contributed by atoms with Gasteiger partial charge in [-0.15, -0.1) is 0 Å². The monoisotopic (exact) mass is 660 g/mol. The van der Waals surface area contributed by atoms with Crippen LogP contribution >= 0.6 is 0 Å². The maximum absolute atomic E-state index is 13.9. The number of aryl methyl sites for hydroxylation is 1. The number of carbonyl (C=O) groups is 2. The Kier molecular flexibility index (Phi) is 9.69. The van der Waals surface area contributed by atoms with Gasteiger partial charge in [0, 0.05) is 19.3 Å². The zero-order chi connectivity index (χ0) is 34.0. The number of fused-ring (bicyclic) bond motifs is 1. The predicted molar refractivity (Wildman–Crippen MR) is 148 cm³/mol. The molecule has 0 saturated carbocycles. The van der Waals surface area contributed by atoms with Crippen molar-refractivity contribution in [3.8, 4) is 5.88 Å². The third kappa shape index (κ3) is 7.98. The van der Waals surface area contributed by atoms with Gasteiger partial charge in [0.2, 0.25) is 17.7 Å². The number of halogens is 8. The summed E-state index contributed by atoms with van der Waals surface area (Å²) in [6, 6.07) is 7.43. The van der Waals surface area contributed by atoms with Crippen molar-refractivity contribution in [2.75, 3.05) is 17.2 Å². The minimum atomic E-state index is -4.83. The number of pyridine rings is 1. The van der Waals surface area contributed by atoms with E-state index in [9.17, 15) is 49.8 Å². The summed E-state index contributed by atoms with van der Waals surface area (Å²) in [5.74, 6) is -2.58. The highest BCUT2D eigenvalue weighted by Gasteiger charge is 2.34. The van der Waals surface area contributed by atoms with Crippen LogP contribution in [0, 0.1) is 0 Å². The molecule has 4 N–H and O–H groups in total. The summed E-state index contributed by atoms with van der Waals surface area (Å²) < 4.78 is 112. The molecule has 0 spiro atoms. The van der Waals surface area contributed by atoms with Crippen LogP contribution in [0.2, 0.25) is 0 Å². The molecule has 2 aromatic carbocycles. The summed E-state index contributed by atoms with van der Waals surface area (Å²) in [5.41, 5.74) is -3.03. The van der Waals surface area contributed by atoms with Crippen LogP contribution in [0.25, 0.3) is 11.2 Å². The summed E-state index contributed by atoms with van der Waals surface area (Å²) >= 11 is 0. The van der Waals surface area contributed by atoms with Gasteiger partial charge in [-0.25, -0.2) is 13.8 Å². The van der Waals surface area contributed by atoms with E-state index in [0.29, 0.717) is 12.1 Å². The lowest BCUT2D eigenvalue weighted by atomic mass is 10.1. The van der Waals surface area contributed by atoms with Gasteiger partial charge in [0.05, 0.1) is 16.8 Å². The fourth-order valence-electron chi connectivity index (χ4n) is 4.07. The van der Waals surface area contributed by atoms with Crippen molar-refractivity contribution in [1.82, 2.24) is 19.9 Å². The number of amides is 2. The van der Waals surface area contributed by atoms with Crippen LogP contribution in [0.3, 0.4) is 0 Å². The first-order chi connectivity index (χ1) is 21.4. The van der Waals surface area contributed by atoms with Gasteiger partial charge >= 0.3 is 12.4 Å². The number of anilines is 3. The number of alkyl halides is 8. The summed E-state index contributed by atoms with van der Waals surface area (Å²) in [6.45, 7) is -0.194. The quantitative estimate of drug-likeness (QED) is 0.162. The van der Waals surface area contributed by atoms with Crippen LogP contribution < -0.4 is 20.7 Å². The number of hydrogen-bond acceptors (Lipinski definition) is 7.